The molecule has 0 spiro atoms. The number of hydrogen-bond acceptors (Lipinski definition) is 14. The second kappa shape index (κ2) is 22.5. The van der Waals surface area contributed by atoms with Crippen LogP contribution in [0.15, 0.2) is 87.9 Å². The van der Waals surface area contributed by atoms with E-state index in [1.165, 1.54) is 34.0 Å². The van der Waals surface area contributed by atoms with Crippen LogP contribution < -0.4 is 20.2 Å². The normalized spacial score (nSPS) is 18.7. The Bertz CT molecular complexity index is 2320. The van der Waals surface area contributed by atoms with E-state index in [1.54, 1.807) is 19.0 Å². The van der Waals surface area contributed by atoms with Gasteiger partial charge in [0.15, 0.2) is 0 Å². The number of hydrazone groups is 1. The molecule has 2 saturated heterocycles. The summed E-state index contributed by atoms with van der Waals surface area (Å²) in [6, 6.07) is 18.5. The molecule has 19 nitrogen and oxygen atoms in total. The number of likely N-dealkylation sites (N-methyl/N-ethyl adjacent to an activating group) is 1. The van der Waals surface area contributed by atoms with Gasteiger partial charge in [0.25, 0.3) is 0 Å². The highest BCUT2D eigenvalue weighted by atomic mass is 31.2. The summed E-state index contributed by atoms with van der Waals surface area (Å²) in [6.45, 7) is 10.3. The molecule has 4 aromatic rings. The lowest BCUT2D eigenvalue weighted by Gasteiger charge is -2.37. The number of nitrogens with zero attached hydrogens (tertiary/aromatic N) is 8. The zero-order valence-corrected chi connectivity index (χ0v) is 37.4. The Morgan fingerprint density at radius 1 is 1.02 bits per heavy atom. The van der Waals surface area contributed by atoms with Gasteiger partial charge in [0.1, 0.15) is 48.4 Å². The Morgan fingerprint density at radius 2 is 1.66 bits per heavy atom. The second-order valence-corrected chi connectivity index (χ2v) is 16.8. The van der Waals surface area contributed by atoms with E-state index in [9.17, 15) is 18.5 Å². The van der Waals surface area contributed by atoms with Crippen LogP contribution in [0.5, 0.6) is 5.75 Å². The van der Waals surface area contributed by atoms with Gasteiger partial charge < -0.3 is 43.3 Å². The van der Waals surface area contributed by atoms with Crippen LogP contribution in [0.25, 0.3) is 5.69 Å². The molecule has 1 aromatic heterocycles. The number of phosphoric ester groups is 1. The lowest BCUT2D eigenvalue weighted by atomic mass is 9.86. The van der Waals surface area contributed by atoms with E-state index in [1.807, 2.05) is 55.5 Å². The molecule has 0 amide bonds. The Kier molecular flexibility index (Phi) is 16.9. The molecule has 0 aliphatic carbocycles. The molecule has 3 heterocycles. The largest absolute Gasteiger partial charge is 0.508 e. The predicted molar refractivity (Wildman–Crippen MR) is 237 cm³/mol. The molecule has 0 saturated carbocycles. The summed E-state index contributed by atoms with van der Waals surface area (Å²) >= 11 is 0. The van der Waals surface area contributed by atoms with Crippen molar-refractivity contribution in [1.29, 1.82) is 0 Å². The van der Waals surface area contributed by atoms with E-state index in [0.29, 0.717) is 37.5 Å². The molecular weight excluding hydrogens is 873 g/mol. The zero-order valence-electron chi connectivity index (χ0n) is 36.5. The molecule has 352 valence electrons. The Hall–Kier alpha value is -5.70. The molecule has 2 aliphatic heterocycles. The van der Waals surface area contributed by atoms with Crippen molar-refractivity contribution in [3.8, 4) is 11.4 Å². The van der Waals surface area contributed by atoms with Crippen molar-refractivity contribution >= 4 is 38.4 Å². The quantitative estimate of drug-likeness (QED) is 0.0262. The first-order valence-corrected chi connectivity index (χ1v) is 22.6. The van der Waals surface area contributed by atoms with Crippen LogP contribution in [0.2, 0.25) is 0 Å². The topological polar surface area (TPSA) is 204 Å². The number of carbonyl (C=O) groups excluding carboxylic acids is 1. The number of rotatable bonds is 22. The molecule has 2 N–H and O–H groups in total. The number of anilines is 2. The third-order valence-electron chi connectivity index (χ3n) is 11.1. The predicted octanol–water partition coefficient (Wildman–Crippen LogP) is 5.14. The maximum atomic E-state index is 15.1. The van der Waals surface area contributed by atoms with E-state index in [4.69, 9.17) is 33.5 Å². The number of halogens is 2. The van der Waals surface area contributed by atoms with Gasteiger partial charge in [-0.3, -0.25) is 14.5 Å². The third kappa shape index (κ3) is 13.2. The Morgan fingerprint density at radius 3 is 2.29 bits per heavy atom. The fourth-order valence-electron chi connectivity index (χ4n) is 7.95. The van der Waals surface area contributed by atoms with Gasteiger partial charge >= 0.3 is 19.7 Å². The fraction of sp³-hybridized carbons (Fsp3) is 0.465. The summed E-state index contributed by atoms with van der Waals surface area (Å²) in [5.74, 6) is -0.700. The number of carbonyl (C=O) groups is 1. The number of hydrogen-bond donors (Lipinski definition) is 2. The standard InChI is InChI=1S/C43H55F2N8O11P/c1-5-40(31(2)64-42(55)60-22-20-59-21-23-63-65(56,57)58)53-41(54)52(30-48-53)36-9-7-34(8-10-36)50-16-18-51(19-17-50)35-11-13-37(14-12-35)61-26-32-25-43(62-27-32,28-49(4)47-29-46-3)38-15-6-33(44)24-39(38)45/h6-15,24,29-32,40H,3,5,16-23,25-28H2,1-2,4H3,(H2,56,57,58)/b47-29-/t31-,32+,40-,43-/m0/s1. The van der Waals surface area contributed by atoms with E-state index < -0.39 is 49.0 Å². The minimum absolute atomic E-state index is 0.0434. The molecule has 2 fully saturated rings. The van der Waals surface area contributed by atoms with Gasteiger partial charge in [0, 0.05) is 62.1 Å². The average molecular weight is 929 g/mol. The van der Waals surface area contributed by atoms with Crippen LogP contribution in [0.1, 0.15) is 38.3 Å². The highest BCUT2D eigenvalue weighted by Gasteiger charge is 2.45. The van der Waals surface area contributed by atoms with Gasteiger partial charge in [-0.05, 0) is 81.1 Å². The smallest absolute Gasteiger partial charge is 0.493 e. The Labute approximate surface area is 375 Å². The monoisotopic (exact) mass is 928 g/mol. The minimum atomic E-state index is -4.58. The van der Waals surface area contributed by atoms with Gasteiger partial charge in [0.05, 0.1) is 51.3 Å². The summed E-state index contributed by atoms with van der Waals surface area (Å²) in [4.78, 5) is 51.4. The highest BCUT2D eigenvalue weighted by Crippen LogP contribution is 2.41. The first kappa shape index (κ1) is 48.7. The number of piperazine rings is 1. The molecule has 0 bridgehead atoms. The maximum absolute atomic E-state index is 15.1. The van der Waals surface area contributed by atoms with Crippen molar-refractivity contribution in [2.75, 3.05) is 89.2 Å². The SMILES string of the molecule is C=N/C=N\N(C)C[C@]1(c2ccc(F)cc2F)C[C@H](COc2ccc(N3CCN(c4ccc(-n5cnn([C@@H](CC)[C@H](C)OC(=O)OCCOCCOP(=O)(O)O)c5=O)cc4)CC3)cc2)CO1. The molecule has 4 atom stereocenters. The van der Waals surface area contributed by atoms with Gasteiger partial charge in [-0.15, -0.1) is 0 Å². The lowest BCUT2D eigenvalue weighted by molar-refractivity contribution is -0.0258. The number of phosphoric acid groups is 1. The van der Waals surface area contributed by atoms with Crippen LogP contribution in [-0.2, 0) is 33.6 Å². The number of ether oxygens (including phenoxy) is 5. The summed E-state index contributed by atoms with van der Waals surface area (Å²) < 4.78 is 74.5. The van der Waals surface area contributed by atoms with Crippen LogP contribution in [-0.4, -0.2) is 134 Å². The van der Waals surface area contributed by atoms with Gasteiger partial charge in [-0.2, -0.15) is 10.2 Å². The third-order valence-corrected chi connectivity index (χ3v) is 11.6. The number of aliphatic imine (C=N–C) groups is 1. The average Bonchev–Trinajstić information content (AvgIpc) is 3.87. The van der Waals surface area contributed by atoms with Crippen LogP contribution in [0.4, 0.5) is 25.0 Å². The summed E-state index contributed by atoms with van der Waals surface area (Å²) in [6.07, 6.45) is 1.87. The number of aromatic nitrogens is 3. The molecule has 22 heteroatoms. The molecule has 6 rings (SSSR count). The van der Waals surface area contributed by atoms with Crippen LogP contribution in [0, 0.1) is 17.6 Å². The van der Waals surface area contributed by atoms with Crippen molar-refractivity contribution in [2.45, 2.75) is 44.4 Å². The zero-order chi connectivity index (χ0) is 46.6. The van der Waals surface area contributed by atoms with Crippen LogP contribution >= 0.6 is 7.82 Å². The fourth-order valence-corrected chi connectivity index (χ4v) is 8.26. The first-order valence-electron chi connectivity index (χ1n) is 21.1. The van der Waals surface area contributed by atoms with E-state index in [2.05, 4.69) is 36.2 Å². The summed E-state index contributed by atoms with van der Waals surface area (Å²) in [7, 11) is -2.86. The van der Waals surface area contributed by atoms with Crippen molar-refractivity contribution in [3.63, 3.8) is 0 Å². The second-order valence-electron chi connectivity index (χ2n) is 15.6. The van der Waals surface area contributed by atoms with Gasteiger partial charge in [-0.25, -0.2) is 32.2 Å². The van der Waals surface area contributed by atoms with E-state index in [-0.39, 0.29) is 44.5 Å². The van der Waals surface area contributed by atoms with Gasteiger partial charge in [0.2, 0.25) is 0 Å². The molecule has 65 heavy (non-hydrogen) atoms. The Balaban J connectivity index is 0.958. The van der Waals surface area contributed by atoms with E-state index in [0.717, 1.165) is 43.6 Å². The van der Waals surface area contributed by atoms with E-state index >= 15 is 4.39 Å². The van der Waals surface area contributed by atoms with Crippen molar-refractivity contribution in [2.24, 2.45) is 16.0 Å². The maximum Gasteiger partial charge on any atom is 0.508 e. The molecule has 0 radical (unpaired) electrons. The molecule has 3 aromatic carbocycles. The van der Waals surface area contributed by atoms with Crippen molar-refractivity contribution in [1.82, 2.24) is 19.4 Å². The minimum Gasteiger partial charge on any atom is -0.493 e. The number of benzene rings is 3. The molecule has 2 aliphatic rings. The lowest BCUT2D eigenvalue weighted by Crippen LogP contribution is -2.46. The molecular formula is C43H55F2N8O11P. The van der Waals surface area contributed by atoms with Crippen molar-refractivity contribution in [3.05, 3.63) is 101 Å². The van der Waals surface area contributed by atoms with Crippen LogP contribution in [0.3, 0.4) is 0 Å². The van der Waals surface area contributed by atoms with Crippen molar-refractivity contribution < 1.29 is 56.1 Å². The first-order chi connectivity index (χ1) is 31.2. The molecule has 0 unspecified atom stereocenters. The summed E-state index contributed by atoms with van der Waals surface area (Å²) in [5, 5.41) is 10.1. The highest BCUT2D eigenvalue weighted by molar-refractivity contribution is 7.46. The summed E-state index contributed by atoms with van der Waals surface area (Å²) in [5.41, 5.74) is 1.51. The van der Waals surface area contributed by atoms with Gasteiger partial charge in [-0.1, -0.05) is 13.0 Å².